The number of carbonyl (C=O) groups is 2. The number of Topliss-reactive ketones (excluding diaryl/α,β-unsaturated/α-hetero) is 1. The molecule has 0 aliphatic heterocycles. The third kappa shape index (κ3) is 6.87. The van der Waals surface area contributed by atoms with E-state index in [1.165, 1.54) is 5.56 Å². The van der Waals surface area contributed by atoms with Gasteiger partial charge in [0.25, 0.3) is 5.91 Å². The molecule has 0 aromatic heterocycles. The van der Waals surface area contributed by atoms with Gasteiger partial charge >= 0.3 is 0 Å². The molecule has 0 radical (unpaired) electrons. The molecule has 1 N–H and O–H groups in total. The van der Waals surface area contributed by atoms with E-state index >= 15 is 0 Å². The molecule has 0 saturated carbocycles. The molecule has 0 spiro atoms. The SMILES string of the molecule is CCC(=O)c1ccc(OCC(=O)NC[C@H](Cc2ccccc2)N(C)C)cc1. The number of ether oxygens (including phenoxy) is 1. The van der Waals surface area contributed by atoms with Crippen LogP contribution in [0.2, 0.25) is 0 Å². The van der Waals surface area contributed by atoms with Crippen LogP contribution < -0.4 is 10.1 Å². The number of carbonyl (C=O) groups excluding carboxylic acids is 2. The monoisotopic (exact) mass is 368 g/mol. The molecular formula is C22H28N2O3. The maximum Gasteiger partial charge on any atom is 0.257 e. The number of nitrogens with zero attached hydrogens (tertiary/aromatic N) is 1. The Kier molecular flexibility index (Phi) is 8.01. The highest BCUT2D eigenvalue weighted by molar-refractivity contribution is 5.95. The molecule has 144 valence electrons. The minimum Gasteiger partial charge on any atom is -0.484 e. The molecule has 5 heteroatoms. The van der Waals surface area contributed by atoms with Crippen LogP contribution in [0, 0.1) is 0 Å². The van der Waals surface area contributed by atoms with Gasteiger partial charge in [-0.05, 0) is 50.3 Å². The van der Waals surface area contributed by atoms with Crippen LogP contribution in [0.3, 0.4) is 0 Å². The molecule has 27 heavy (non-hydrogen) atoms. The molecule has 0 aliphatic rings. The van der Waals surface area contributed by atoms with Crippen LogP contribution >= 0.6 is 0 Å². The van der Waals surface area contributed by atoms with Gasteiger partial charge in [-0.3, -0.25) is 9.59 Å². The summed E-state index contributed by atoms with van der Waals surface area (Å²) >= 11 is 0. The molecule has 0 bridgehead atoms. The number of benzene rings is 2. The van der Waals surface area contributed by atoms with Crippen molar-refractivity contribution in [1.82, 2.24) is 10.2 Å². The Morgan fingerprint density at radius 1 is 1.04 bits per heavy atom. The second kappa shape index (κ2) is 10.5. The molecule has 0 heterocycles. The average molecular weight is 368 g/mol. The number of likely N-dealkylation sites (N-methyl/N-ethyl adjacent to an activating group) is 1. The topological polar surface area (TPSA) is 58.6 Å². The van der Waals surface area contributed by atoms with Crippen molar-refractivity contribution in [2.24, 2.45) is 0 Å². The molecule has 0 saturated heterocycles. The average Bonchev–Trinajstić information content (AvgIpc) is 2.69. The van der Waals surface area contributed by atoms with Crippen LogP contribution in [-0.2, 0) is 11.2 Å². The minimum absolute atomic E-state index is 0.0491. The third-order valence-corrected chi connectivity index (χ3v) is 4.45. The van der Waals surface area contributed by atoms with Gasteiger partial charge in [0.15, 0.2) is 12.4 Å². The quantitative estimate of drug-likeness (QED) is 0.655. The van der Waals surface area contributed by atoms with Crippen LogP contribution in [0.15, 0.2) is 54.6 Å². The molecule has 0 aliphatic carbocycles. The Morgan fingerprint density at radius 2 is 1.70 bits per heavy atom. The lowest BCUT2D eigenvalue weighted by Crippen LogP contribution is -2.42. The fourth-order valence-corrected chi connectivity index (χ4v) is 2.70. The summed E-state index contributed by atoms with van der Waals surface area (Å²) in [5.74, 6) is 0.502. The van der Waals surface area contributed by atoms with Gasteiger partial charge in [0.05, 0.1) is 0 Å². The highest BCUT2D eigenvalue weighted by Gasteiger charge is 2.14. The summed E-state index contributed by atoms with van der Waals surface area (Å²) in [4.78, 5) is 25.8. The Hall–Kier alpha value is -2.66. The summed E-state index contributed by atoms with van der Waals surface area (Å²) in [6.07, 6.45) is 1.33. The second-order valence-corrected chi connectivity index (χ2v) is 6.70. The predicted octanol–water partition coefficient (Wildman–Crippen LogP) is 2.95. The standard InChI is InChI=1S/C22H28N2O3/c1-4-21(25)18-10-12-20(13-11-18)27-16-22(26)23-15-19(24(2)3)14-17-8-6-5-7-9-17/h5-13,19H,4,14-16H2,1-3H3,(H,23,26)/t19-/m0/s1. The normalized spacial score (nSPS) is 11.9. The van der Waals surface area contributed by atoms with Crippen LogP contribution in [0.25, 0.3) is 0 Å². The van der Waals surface area contributed by atoms with Gasteiger partial charge < -0.3 is 15.0 Å². The first-order valence-corrected chi connectivity index (χ1v) is 9.22. The predicted molar refractivity (Wildman–Crippen MR) is 107 cm³/mol. The van der Waals surface area contributed by atoms with Crippen molar-refractivity contribution in [1.29, 1.82) is 0 Å². The summed E-state index contributed by atoms with van der Waals surface area (Å²) in [6, 6.07) is 17.3. The first-order valence-electron chi connectivity index (χ1n) is 9.22. The van der Waals surface area contributed by atoms with Gasteiger partial charge in [0, 0.05) is 24.6 Å². The van der Waals surface area contributed by atoms with Crippen LogP contribution in [0.5, 0.6) is 5.75 Å². The first kappa shape index (κ1) is 20.6. The molecule has 0 unspecified atom stereocenters. The number of ketones is 1. The van der Waals surface area contributed by atoms with Gasteiger partial charge in [-0.25, -0.2) is 0 Å². The molecule has 0 fully saturated rings. The number of hydrogen-bond donors (Lipinski definition) is 1. The summed E-state index contributed by atoms with van der Waals surface area (Å²) < 4.78 is 5.51. The van der Waals surface area contributed by atoms with Crippen molar-refractivity contribution in [3.8, 4) is 5.75 Å². The first-order chi connectivity index (χ1) is 13.0. The van der Waals surface area contributed by atoms with Gasteiger partial charge in [0.1, 0.15) is 5.75 Å². The Balaban J connectivity index is 1.79. The third-order valence-electron chi connectivity index (χ3n) is 4.45. The zero-order chi connectivity index (χ0) is 19.6. The van der Waals surface area contributed by atoms with E-state index in [0.29, 0.717) is 24.3 Å². The lowest BCUT2D eigenvalue weighted by molar-refractivity contribution is -0.123. The molecule has 1 amide bonds. The summed E-state index contributed by atoms with van der Waals surface area (Å²) in [5, 5.41) is 2.93. The molecular weight excluding hydrogens is 340 g/mol. The highest BCUT2D eigenvalue weighted by atomic mass is 16.5. The van der Waals surface area contributed by atoms with Crippen molar-refractivity contribution >= 4 is 11.7 Å². The van der Waals surface area contributed by atoms with Gasteiger partial charge in [-0.15, -0.1) is 0 Å². The van der Waals surface area contributed by atoms with E-state index in [4.69, 9.17) is 4.74 Å². The van der Waals surface area contributed by atoms with Crippen molar-refractivity contribution < 1.29 is 14.3 Å². The number of hydrogen-bond acceptors (Lipinski definition) is 4. The van der Waals surface area contributed by atoms with Gasteiger partial charge in [-0.1, -0.05) is 37.3 Å². The Bertz CT molecular complexity index is 727. The summed E-state index contributed by atoms with van der Waals surface area (Å²) in [7, 11) is 4.02. The molecule has 2 aromatic carbocycles. The largest absolute Gasteiger partial charge is 0.484 e. The smallest absolute Gasteiger partial charge is 0.257 e. The molecule has 2 rings (SSSR count). The van der Waals surface area contributed by atoms with Crippen LogP contribution in [-0.4, -0.2) is 49.9 Å². The lowest BCUT2D eigenvalue weighted by atomic mass is 10.1. The van der Waals surface area contributed by atoms with E-state index < -0.39 is 0 Å². The van der Waals surface area contributed by atoms with E-state index in [1.54, 1.807) is 24.3 Å². The zero-order valence-electron chi connectivity index (χ0n) is 16.3. The van der Waals surface area contributed by atoms with Crippen molar-refractivity contribution in [2.75, 3.05) is 27.2 Å². The Labute approximate surface area is 161 Å². The molecule has 2 aromatic rings. The van der Waals surface area contributed by atoms with Crippen molar-refractivity contribution in [3.05, 3.63) is 65.7 Å². The highest BCUT2D eigenvalue weighted by Crippen LogP contribution is 2.13. The summed E-state index contributed by atoms with van der Waals surface area (Å²) in [6.45, 7) is 2.33. The van der Waals surface area contributed by atoms with E-state index in [1.807, 2.05) is 39.2 Å². The fraction of sp³-hybridized carbons (Fsp3) is 0.364. The second-order valence-electron chi connectivity index (χ2n) is 6.70. The van der Waals surface area contributed by atoms with Gasteiger partial charge in [0.2, 0.25) is 0 Å². The van der Waals surface area contributed by atoms with E-state index in [9.17, 15) is 9.59 Å². The molecule has 1 atom stereocenters. The van der Waals surface area contributed by atoms with Crippen LogP contribution in [0.1, 0.15) is 29.3 Å². The maximum atomic E-state index is 12.1. The van der Waals surface area contributed by atoms with Crippen molar-refractivity contribution in [2.45, 2.75) is 25.8 Å². The van der Waals surface area contributed by atoms with Crippen LogP contribution in [0.4, 0.5) is 0 Å². The fourth-order valence-electron chi connectivity index (χ4n) is 2.70. The van der Waals surface area contributed by atoms with E-state index in [0.717, 1.165) is 6.42 Å². The number of amides is 1. The lowest BCUT2D eigenvalue weighted by Gasteiger charge is -2.24. The van der Waals surface area contributed by atoms with E-state index in [-0.39, 0.29) is 24.3 Å². The number of nitrogens with one attached hydrogen (secondary N) is 1. The van der Waals surface area contributed by atoms with Crippen molar-refractivity contribution in [3.63, 3.8) is 0 Å². The van der Waals surface area contributed by atoms with Gasteiger partial charge in [-0.2, -0.15) is 0 Å². The summed E-state index contributed by atoms with van der Waals surface area (Å²) in [5.41, 5.74) is 1.90. The zero-order valence-corrected chi connectivity index (χ0v) is 16.3. The van der Waals surface area contributed by atoms with E-state index in [2.05, 4.69) is 22.3 Å². The maximum absolute atomic E-state index is 12.1. The number of rotatable bonds is 10. The minimum atomic E-state index is -0.163. The Morgan fingerprint density at radius 3 is 2.30 bits per heavy atom. The molecule has 5 nitrogen and oxygen atoms in total.